The highest BCUT2D eigenvalue weighted by atomic mass is 32.2. The van der Waals surface area contributed by atoms with E-state index in [9.17, 15) is 34.8 Å². The van der Waals surface area contributed by atoms with E-state index in [0.717, 1.165) is 18.2 Å². The lowest BCUT2D eigenvalue weighted by molar-refractivity contribution is -0.0436. The molecule has 1 amide bonds. The second-order valence-corrected chi connectivity index (χ2v) is 9.70. The van der Waals surface area contributed by atoms with Crippen molar-refractivity contribution in [1.29, 1.82) is 0 Å². The minimum atomic E-state index is -5.51. The second-order valence-electron chi connectivity index (χ2n) is 6.07. The Morgan fingerprint density at radius 3 is 2.13 bits per heavy atom. The molecule has 0 radical (unpaired) electrons. The van der Waals surface area contributed by atoms with Crippen molar-refractivity contribution in [2.24, 2.45) is 0 Å². The molecule has 13 heteroatoms. The van der Waals surface area contributed by atoms with Crippen LogP contribution in [0, 0.1) is 0 Å². The molecule has 1 aromatic heterocycles. The van der Waals surface area contributed by atoms with Gasteiger partial charge in [0.15, 0.2) is 0 Å². The van der Waals surface area contributed by atoms with E-state index < -0.39 is 36.2 Å². The lowest BCUT2D eigenvalue weighted by Crippen LogP contribution is -2.23. The van der Waals surface area contributed by atoms with Gasteiger partial charge in [0.25, 0.3) is 25.8 Å². The molecule has 31 heavy (non-hydrogen) atoms. The van der Waals surface area contributed by atoms with Gasteiger partial charge in [0.05, 0.1) is 21.7 Å². The van der Waals surface area contributed by atoms with Crippen LogP contribution in [0.5, 0.6) is 0 Å². The molecule has 2 aromatic carbocycles. The third-order valence-electron chi connectivity index (χ3n) is 3.91. The highest BCUT2D eigenvalue weighted by Crippen LogP contribution is 2.30. The van der Waals surface area contributed by atoms with Gasteiger partial charge in [-0.25, -0.2) is 16.8 Å². The number of carbonyl (C=O) groups is 1. The van der Waals surface area contributed by atoms with Gasteiger partial charge in [-0.05, 0) is 42.5 Å². The Kier molecular flexibility index (Phi) is 5.83. The zero-order chi connectivity index (χ0) is 22.9. The standard InChI is InChI=1S/C18H13F3N2O6S2/c19-18(20,21)30(25,26)15-6-4-13(5-7-15)22-17(24)12-2-1-3-16(10-12)31(27,28)23-14-8-9-29-11-14/h1-11,23H,(H,22,24). The molecule has 0 spiro atoms. The summed E-state index contributed by atoms with van der Waals surface area (Å²) in [6.07, 6.45) is 2.45. The number of hydrogen-bond donors (Lipinski definition) is 2. The molecule has 0 aliphatic carbocycles. The zero-order valence-corrected chi connectivity index (χ0v) is 16.9. The quantitative estimate of drug-likeness (QED) is 0.563. The highest BCUT2D eigenvalue weighted by molar-refractivity contribution is 7.92. The van der Waals surface area contributed by atoms with Crippen LogP contribution in [0.3, 0.4) is 0 Å². The third-order valence-corrected chi connectivity index (χ3v) is 6.79. The van der Waals surface area contributed by atoms with Gasteiger partial charge in [-0.1, -0.05) is 6.07 Å². The first-order chi connectivity index (χ1) is 14.4. The van der Waals surface area contributed by atoms with Crippen molar-refractivity contribution in [3.05, 3.63) is 72.7 Å². The number of anilines is 2. The number of alkyl halides is 3. The van der Waals surface area contributed by atoms with Crippen LogP contribution in [0.2, 0.25) is 0 Å². The van der Waals surface area contributed by atoms with Gasteiger partial charge < -0.3 is 9.73 Å². The number of nitrogens with one attached hydrogen (secondary N) is 2. The lowest BCUT2D eigenvalue weighted by atomic mass is 10.2. The largest absolute Gasteiger partial charge is 0.501 e. The predicted molar refractivity (Wildman–Crippen MR) is 104 cm³/mol. The molecule has 0 unspecified atom stereocenters. The summed E-state index contributed by atoms with van der Waals surface area (Å²) in [5.74, 6) is -0.758. The number of sulfonamides is 1. The minimum Gasteiger partial charge on any atom is -0.470 e. The van der Waals surface area contributed by atoms with Crippen molar-refractivity contribution in [3.8, 4) is 0 Å². The number of furan rings is 1. The summed E-state index contributed by atoms with van der Waals surface area (Å²) in [6.45, 7) is 0. The van der Waals surface area contributed by atoms with E-state index >= 15 is 0 Å². The van der Waals surface area contributed by atoms with E-state index in [2.05, 4.69) is 10.0 Å². The van der Waals surface area contributed by atoms with Gasteiger partial charge in [-0.15, -0.1) is 0 Å². The molecule has 3 rings (SSSR count). The summed E-state index contributed by atoms with van der Waals surface area (Å²) >= 11 is 0. The molecule has 0 fully saturated rings. The molecule has 8 nitrogen and oxygen atoms in total. The van der Waals surface area contributed by atoms with Gasteiger partial charge >= 0.3 is 5.51 Å². The number of amides is 1. The van der Waals surface area contributed by atoms with E-state index in [1.54, 1.807) is 0 Å². The van der Waals surface area contributed by atoms with Crippen molar-refractivity contribution in [2.45, 2.75) is 15.3 Å². The molecule has 1 heterocycles. The molecular weight excluding hydrogens is 461 g/mol. The molecule has 2 N–H and O–H groups in total. The first kappa shape index (κ1) is 22.4. The van der Waals surface area contributed by atoms with E-state index in [-0.39, 0.29) is 21.8 Å². The molecule has 0 aliphatic heterocycles. The van der Waals surface area contributed by atoms with Crippen molar-refractivity contribution in [2.75, 3.05) is 10.0 Å². The summed E-state index contributed by atoms with van der Waals surface area (Å²) in [7, 11) is -9.52. The monoisotopic (exact) mass is 474 g/mol. The fourth-order valence-electron chi connectivity index (χ4n) is 2.40. The molecule has 0 aliphatic rings. The van der Waals surface area contributed by atoms with Crippen LogP contribution in [0.1, 0.15) is 10.4 Å². The first-order valence-corrected chi connectivity index (χ1v) is 11.2. The summed E-state index contributed by atoms with van der Waals surface area (Å²) in [5, 5.41) is 2.35. The number of carbonyl (C=O) groups excluding carboxylic acids is 1. The molecule has 0 atom stereocenters. The summed E-state index contributed by atoms with van der Waals surface area (Å²) in [4.78, 5) is 11.2. The van der Waals surface area contributed by atoms with Gasteiger partial charge in [0, 0.05) is 17.3 Å². The fourth-order valence-corrected chi connectivity index (χ4v) is 4.24. The Balaban J connectivity index is 1.78. The number of halogens is 3. The molecule has 0 bridgehead atoms. The molecular formula is C18H13F3N2O6S2. The van der Waals surface area contributed by atoms with Crippen LogP contribution >= 0.6 is 0 Å². The Bertz CT molecular complexity index is 1300. The number of benzene rings is 2. The van der Waals surface area contributed by atoms with Gasteiger partial charge in [-0.2, -0.15) is 13.2 Å². The maximum atomic E-state index is 12.6. The number of sulfone groups is 1. The summed E-state index contributed by atoms with van der Waals surface area (Å²) in [6, 6.07) is 9.77. The van der Waals surface area contributed by atoms with E-state index in [4.69, 9.17) is 4.42 Å². The van der Waals surface area contributed by atoms with Crippen LogP contribution < -0.4 is 10.0 Å². The van der Waals surface area contributed by atoms with Crippen LogP contribution in [-0.4, -0.2) is 28.3 Å². The Hall–Kier alpha value is -3.32. The normalized spacial score (nSPS) is 12.4. The summed E-state index contributed by atoms with van der Waals surface area (Å²) in [5.41, 5.74) is -5.31. The van der Waals surface area contributed by atoms with Crippen molar-refractivity contribution in [1.82, 2.24) is 0 Å². The second kappa shape index (κ2) is 8.07. The molecule has 164 valence electrons. The average molecular weight is 474 g/mol. The van der Waals surface area contributed by atoms with Crippen molar-refractivity contribution >= 4 is 37.1 Å². The maximum Gasteiger partial charge on any atom is 0.501 e. The van der Waals surface area contributed by atoms with E-state index in [1.165, 1.54) is 36.8 Å². The van der Waals surface area contributed by atoms with E-state index in [0.29, 0.717) is 12.1 Å². The minimum absolute atomic E-state index is 0.0101. The zero-order valence-electron chi connectivity index (χ0n) is 15.3. The Morgan fingerprint density at radius 1 is 0.871 bits per heavy atom. The molecule has 0 saturated heterocycles. The van der Waals surface area contributed by atoms with Gasteiger partial charge in [-0.3, -0.25) is 9.52 Å². The van der Waals surface area contributed by atoms with Crippen LogP contribution in [0.15, 0.2) is 81.3 Å². The Labute approximate surface area is 174 Å². The smallest absolute Gasteiger partial charge is 0.470 e. The third kappa shape index (κ3) is 4.88. The van der Waals surface area contributed by atoms with Crippen molar-refractivity contribution < 1.29 is 39.2 Å². The maximum absolute atomic E-state index is 12.6. The highest BCUT2D eigenvalue weighted by Gasteiger charge is 2.46. The molecule has 0 saturated carbocycles. The van der Waals surface area contributed by atoms with Crippen LogP contribution in [0.4, 0.5) is 24.5 Å². The SMILES string of the molecule is O=C(Nc1ccc(S(=O)(=O)C(F)(F)F)cc1)c1cccc(S(=O)(=O)Nc2ccoc2)c1. The molecule has 3 aromatic rings. The van der Waals surface area contributed by atoms with Crippen molar-refractivity contribution in [3.63, 3.8) is 0 Å². The fraction of sp³-hybridized carbons (Fsp3) is 0.0556. The van der Waals surface area contributed by atoms with Gasteiger partial charge in [0.1, 0.15) is 6.26 Å². The van der Waals surface area contributed by atoms with E-state index in [1.807, 2.05) is 0 Å². The predicted octanol–water partition coefficient (Wildman–Crippen LogP) is 3.63. The summed E-state index contributed by atoms with van der Waals surface area (Å²) < 4.78 is 92.4. The van der Waals surface area contributed by atoms with Crippen LogP contribution in [0.25, 0.3) is 0 Å². The lowest BCUT2D eigenvalue weighted by Gasteiger charge is -2.10. The number of hydrogen-bond acceptors (Lipinski definition) is 6. The topological polar surface area (TPSA) is 123 Å². The first-order valence-electron chi connectivity index (χ1n) is 8.28. The average Bonchev–Trinajstić information content (AvgIpc) is 3.20. The van der Waals surface area contributed by atoms with Gasteiger partial charge in [0.2, 0.25) is 0 Å². The van der Waals surface area contributed by atoms with Crippen LogP contribution in [-0.2, 0) is 19.9 Å². The number of rotatable bonds is 6. The Morgan fingerprint density at radius 2 is 1.55 bits per heavy atom.